The number of carbonyl (C=O) groups excluding carboxylic acids is 1. The Morgan fingerprint density at radius 1 is 1.15 bits per heavy atom. The third kappa shape index (κ3) is 2.36. The van der Waals surface area contributed by atoms with E-state index in [9.17, 15) is 4.79 Å². The van der Waals surface area contributed by atoms with Crippen LogP contribution in [0.3, 0.4) is 0 Å². The molecule has 1 heterocycles. The molecule has 0 bridgehead atoms. The van der Waals surface area contributed by atoms with E-state index in [0.29, 0.717) is 22.3 Å². The van der Waals surface area contributed by atoms with Crippen LogP contribution in [0.2, 0.25) is 0 Å². The summed E-state index contributed by atoms with van der Waals surface area (Å²) in [7, 11) is 0. The lowest BCUT2D eigenvalue weighted by molar-refractivity contribution is 0.102. The number of benzene rings is 2. The quantitative estimate of drug-likeness (QED) is 0.674. The summed E-state index contributed by atoms with van der Waals surface area (Å²) in [5.74, 6) is -0.231. The van der Waals surface area contributed by atoms with E-state index in [1.807, 2.05) is 0 Å². The van der Waals surface area contributed by atoms with Crippen LogP contribution in [0.15, 0.2) is 42.5 Å². The molecule has 3 aromatic rings. The molecule has 0 aliphatic rings. The fourth-order valence-electron chi connectivity index (χ4n) is 1.93. The molecular weight excluding hydrogens is 256 g/mol. The Morgan fingerprint density at radius 3 is 2.85 bits per heavy atom. The van der Waals surface area contributed by atoms with Gasteiger partial charge in [-0.15, -0.1) is 0 Å². The smallest absolute Gasteiger partial charge is 0.255 e. The molecule has 3 N–H and O–H groups in total. The minimum Gasteiger partial charge on any atom is -0.392 e. The normalized spacial score (nSPS) is 10.7. The van der Waals surface area contributed by atoms with Crippen molar-refractivity contribution in [1.82, 2.24) is 15.4 Å². The van der Waals surface area contributed by atoms with Gasteiger partial charge in [0.05, 0.1) is 6.61 Å². The van der Waals surface area contributed by atoms with E-state index in [2.05, 4.69) is 20.7 Å². The van der Waals surface area contributed by atoms with Gasteiger partial charge in [-0.2, -0.15) is 15.4 Å². The van der Waals surface area contributed by atoms with Gasteiger partial charge in [0.2, 0.25) is 0 Å². The summed E-state index contributed by atoms with van der Waals surface area (Å²) in [6, 6.07) is 12.2. The van der Waals surface area contributed by atoms with Crippen LogP contribution >= 0.6 is 0 Å². The third-order valence-corrected chi connectivity index (χ3v) is 2.95. The van der Waals surface area contributed by atoms with Crippen LogP contribution in [0.4, 0.5) is 5.69 Å². The molecule has 6 heteroatoms. The van der Waals surface area contributed by atoms with Gasteiger partial charge in [0.25, 0.3) is 5.91 Å². The second-order valence-electron chi connectivity index (χ2n) is 4.34. The number of aliphatic hydroxyl groups is 1. The summed E-state index contributed by atoms with van der Waals surface area (Å²) in [5, 5.41) is 22.2. The first kappa shape index (κ1) is 12.3. The summed E-state index contributed by atoms with van der Waals surface area (Å²) in [4.78, 5) is 12.1. The maximum Gasteiger partial charge on any atom is 0.255 e. The Labute approximate surface area is 114 Å². The van der Waals surface area contributed by atoms with Crippen molar-refractivity contribution in [2.45, 2.75) is 6.61 Å². The second kappa shape index (κ2) is 5.10. The Bertz CT molecular complexity index is 766. The van der Waals surface area contributed by atoms with Crippen molar-refractivity contribution in [3.8, 4) is 0 Å². The van der Waals surface area contributed by atoms with Crippen molar-refractivity contribution in [2.24, 2.45) is 0 Å². The lowest BCUT2D eigenvalue weighted by atomic mass is 10.1. The number of aromatic nitrogens is 3. The average Bonchev–Trinajstić information content (AvgIpc) is 2.94. The Morgan fingerprint density at radius 2 is 2.00 bits per heavy atom. The summed E-state index contributed by atoms with van der Waals surface area (Å²) < 4.78 is 0. The summed E-state index contributed by atoms with van der Waals surface area (Å²) >= 11 is 0. The first-order valence-electron chi connectivity index (χ1n) is 6.08. The second-order valence-corrected chi connectivity index (χ2v) is 4.34. The van der Waals surface area contributed by atoms with Crippen LogP contribution in [-0.4, -0.2) is 26.4 Å². The lowest BCUT2D eigenvalue weighted by Crippen LogP contribution is -2.11. The molecule has 100 valence electrons. The number of anilines is 1. The molecule has 0 radical (unpaired) electrons. The van der Waals surface area contributed by atoms with Gasteiger partial charge in [0.15, 0.2) is 0 Å². The molecule has 2 aromatic carbocycles. The van der Waals surface area contributed by atoms with E-state index < -0.39 is 0 Å². The average molecular weight is 268 g/mol. The summed E-state index contributed by atoms with van der Waals surface area (Å²) in [6.45, 7) is -0.0609. The fraction of sp³-hybridized carbons (Fsp3) is 0.0714. The number of nitrogens with one attached hydrogen (secondary N) is 2. The van der Waals surface area contributed by atoms with Gasteiger partial charge in [-0.1, -0.05) is 12.1 Å². The number of carbonyl (C=O) groups is 1. The van der Waals surface area contributed by atoms with E-state index in [-0.39, 0.29) is 12.5 Å². The van der Waals surface area contributed by atoms with Gasteiger partial charge < -0.3 is 10.4 Å². The molecule has 0 atom stereocenters. The van der Waals surface area contributed by atoms with Crippen LogP contribution in [-0.2, 0) is 6.61 Å². The van der Waals surface area contributed by atoms with E-state index in [4.69, 9.17) is 5.11 Å². The topological polar surface area (TPSA) is 90.9 Å². The molecule has 0 unspecified atom stereocenters. The Balaban J connectivity index is 1.84. The highest BCUT2D eigenvalue weighted by Crippen LogP contribution is 2.14. The first-order valence-corrected chi connectivity index (χ1v) is 6.08. The van der Waals surface area contributed by atoms with Crippen molar-refractivity contribution in [3.05, 3.63) is 53.6 Å². The molecule has 0 saturated carbocycles. The van der Waals surface area contributed by atoms with Crippen molar-refractivity contribution in [2.75, 3.05) is 5.32 Å². The number of hydrogen-bond donors (Lipinski definition) is 3. The zero-order valence-corrected chi connectivity index (χ0v) is 10.5. The van der Waals surface area contributed by atoms with Crippen LogP contribution < -0.4 is 5.32 Å². The molecule has 0 aliphatic carbocycles. The van der Waals surface area contributed by atoms with Gasteiger partial charge in [-0.25, -0.2) is 0 Å². The maximum absolute atomic E-state index is 12.1. The highest BCUT2D eigenvalue weighted by atomic mass is 16.3. The number of amides is 1. The SMILES string of the molecule is O=C(Nc1cccc(CO)c1)c1ccc2n[nH]nc2c1. The van der Waals surface area contributed by atoms with Gasteiger partial charge in [0.1, 0.15) is 11.0 Å². The third-order valence-electron chi connectivity index (χ3n) is 2.95. The number of H-pyrrole nitrogens is 1. The van der Waals surface area contributed by atoms with Gasteiger partial charge in [-0.3, -0.25) is 4.79 Å². The van der Waals surface area contributed by atoms with E-state index in [1.54, 1.807) is 42.5 Å². The monoisotopic (exact) mass is 268 g/mol. The Kier molecular flexibility index (Phi) is 3.14. The number of nitrogens with zero attached hydrogens (tertiary/aromatic N) is 2. The number of aliphatic hydroxyl groups excluding tert-OH is 1. The number of fused-ring (bicyclic) bond motifs is 1. The molecule has 1 amide bonds. The predicted octanol–water partition coefficient (Wildman–Crippen LogP) is 1.70. The zero-order valence-electron chi connectivity index (χ0n) is 10.5. The largest absolute Gasteiger partial charge is 0.392 e. The molecule has 6 nitrogen and oxygen atoms in total. The minimum absolute atomic E-state index is 0.0609. The fourth-order valence-corrected chi connectivity index (χ4v) is 1.93. The molecule has 1 aromatic heterocycles. The van der Waals surface area contributed by atoms with E-state index >= 15 is 0 Å². The zero-order chi connectivity index (χ0) is 13.9. The maximum atomic E-state index is 12.1. The molecule has 20 heavy (non-hydrogen) atoms. The molecule has 0 spiro atoms. The lowest BCUT2D eigenvalue weighted by Gasteiger charge is -2.06. The van der Waals surface area contributed by atoms with E-state index in [1.165, 1.54) is 0 Å². The van der Waals surface area contributed by atoms with Crippen LogP contribution in [0.25, 0.3) is 11.0 Å². The molecular formula is C14H12N4O2. The van der Waals surface area contributed by atoms with Crippen molar-refractivity contribution >= 4 is 22.6 Å². The standard InChI is InChI=1S/C14H12N4O2/c19-8-9-2-1-3-11(6-9)15-14(20)10-4-5-12-13(7-10)17-18-16-12/h1-7,19H,8H2,(H,15,20)(H,16,17,18). The molecule has 3 rings (SSSR count). The number of hydrogen-bond acceptors (Lipinski definition) is 4. The molecule has 0 aliphatic heterocycles. The summed E-state index contributed by atoms with van der Waals surface area (Å²) in [5.41, 5.74) is 3.24. The van der Waals surface area contributed by atoms with Crippen molar-refractivity contribution < 1.29 is 9.90 Å². The number of aromatic amines is 1. The highest BCUT2D eigenvalue weighted by Gasteiger charge is 2.08. The molecule has 0 saturated heterocycles. The summed E-state index contributed by atoms with van der Waals surface area (Å²) in [6.07, 6.45) is 0. The highest BCUT2D eigenvalue weighted by molar-refractivity contribution is 6.05. The van der Waals surface area contributed by atoms with Gasteiger partial charge in [-0.05, 0) is 35.9 Å². The first-order chi connectivity index (χ1) is 9.76. The number of rotatable bonds is 3. The van der Waals surface area contributed by atoms with Crippen LogP contribution in [0.5, 0.6) is 0 Å². The predicted molar refractivity (Wildman–Crippen MR) is 74.2 cm³/mol. The van der Waals surface area contributed by atoms with Gasteiger partial charge in [0, 0.05) is 11.3 Å². The van der Waals surface area contributed by atoms with Gasteiger partial charge >= 0.3 is 0 Å². The minimum atomic E-state index is -0.231. The van der Waals surface area contributed by atoms with Crippen molar-refractivity contribution in [1.29, 1.82) is 0 Å². The van der Waals surface area contributed by atoms with Crippen LogP contribution in [0.1, 0.15) is 15.9 Å². The van der Waals surface area contributed by atoms with Crippen molar-refractivity contribution in [3.63, 3.8) is 0 Å². The Hall–Kier alpha value is -2.73. The van der Waals surface area contributed by atoms with Crippen LogP contribution in [0, 0.1) is 0 Å². The molecule has 0 fully saturated rings. The van der Waals surface area contributed by atoms with E-state index in [0.717, 1.165) is 5.56 Å².